The summed E-state index contributed by atoms with van der Waals surface area (Å²) in [6.45, 7) is 18.1. The van der Waals surface area contributed by atoms with Gasteiger partial charge in [0.2, 0.25) is 0 Å². The molecular weight excluding hydrogens is 474 g/mol. The van der Waals surface area contributed by atoms with Crippen molar-refractivity contribution < 1.29 is 9.53 Å². The fourth-order valence-corrected chi connectivity index (χ4v) is 3.54. The molecule has 1 atom stereocenters. The molecule has 2 N–H and O–H groups in total. The molecule has 3 rings (SSSR count). The fraction of sp³-hybridized carbons (Fsp3) is 0.452. The number of nitrogens with zero attached hydrogens (tertiary/aromatic N) is 3. The molecule has 208 valence electrons. The zero-order valence-corrected chi connectivity index (χ0v) is 24.8. The number of nitrogens with one attached hydrogen (secondary N) is 2. The van der Waals surface area contributed by atoms with Crippen molar-refractivity contribution in [2.75, 3.05) is 20.6 Å². The highest BCUT2D eigenvalue weighted by Gasteiger charge is 2.21. The van der Waals surface area contributed by atoms with Crippen molar-refractivity contribution in [3.05, 3.63) is 72.4 Å². The molecule has 2 aromatic carbocycles. The Morgan fingerprint density at radius 2 is 1.76 bits per heavy atom. The summed E-state index contributed by atoms with van der Waals surface area (Å²) < 4.78 is 7.14. The Bertz CT molecular complexity index is 1130. The third-order valence-electron chi connectivity index (χ3n) is 5.51. The maximum Gasteiger partial charge on any atom is 0.410 e. The van der Waals surface area contributed by atoms with Crippen molar-refractivity contribution in [1.82, 2.24) is 20.0 Å². The average molecular weight is 522 g/mol. The molecule has 0 bridgehead atoms. The van der Waals surface area contributed by atoms with Gasteiger partial charge in [-0.25, -0.2) is 9.48 Å². The van der Waals surface area contributed by atoms with Gasteiger partial charge in [0, 0.05) is 31.2 Å². The van der Waals surface area contributed by atoms with Gasteiger partial charge in [0.15, 0.2) is 0 Å². The topological polar surface area (TPSA) is 83.2 Å². The normalized spacial score (nSPS) is 11.4. The predicted molar refractivity (Wildman–Crippen MR) is 161 cm³/mol. The Balaban J connectivity index is 0.000000367. The Labute approximate surface area is 229 Å². The number of ether oxygens (including phenoxy) is 1. The van der Waals surface area contributed by atoms with Crippen LogP contribution in [0.4, 0.5) is 4.79 Å². The molecule has 3 aromatic rings. The van der Waals surface area contributed by atoms with Gasteiger partial charge in [0.05, 0.1) is 16.9 Å². The predicted octanol–water partition coefficient (Wildman–Crippen LogP) is 7.24. The van der Waals surface area contributed by atoms with E-state index in [0.29, 0.717) is 18.3 Å². The number of aromatic nitrogens is 2. The summed E-state index contributed by atoms with van der Waals surface area (Å²) in [5, 5.41) is 16.8. The first-order valence-electron chi connectivity index (χ1n) is 13.4. The van der Waals surface area contributed by atoms with Crippen molar-refractivity contribution in [3.63, 3.8) is 0 Å². The lowest BCUT2D eigenvalue weighted by atomic mass is 10.1. The van der Waals surface area contributed by atoms with Crippen molar-refractivity contribution in [3.8, 4) is 5.69 Å². The molecule has 0 saturated carbocycles. The van der Waals surface area contributed by atoms with E-state index in [4.69, 9.17) is 10.1 Å². The van der Waals surface area contributed by atoms with Crippen molar-refractivity contribution in [2.45, 2.75) is 73.0 Å². The SMILES string of the molecule is C=C(C)C(=N)c1ccc(-n2cc3ccccc3n2)cc1.CC.CCCC(CN(C)C(=O)OC(C)(C)C)NC. The van der Waals surface area contributed by atoms with E-state index in [1.807, 2.05) is 108 Å². The van der Waals surface area contributed by atoms with E-state index in [0.717, 1.165) is 40.6 Å². The van der Waals surface area contributed by atoms with Crippen molar-refractivity contribution in [1.29, 1.82) is 5.41 Å². The third kappa shape index (κ3) is 10.5. The van der Waals surface area contributed by atoms with Crippen LogP contribution in [0.25, 0.3) is 16.6 Å². The largest absolute Gasteiger partial charge is 0.444 e. The number of rotatable bonds is 8. The Hall–Kier alpha value is -3.45. The summed E-state index contributed by atoms with van der Waals surface area (Å²) in [5.74, 6) is 0. The van der Waals surface area contributed by atoms with E-state index in [2.05, 4.69) is 23.9 Å². The molecule has 1 unspecified atom stereocenters. The maximum absolute atomic E-state index is 11.7. The number of allylic oxidation sites excluding steroid dienone is 1. The lowest BCUT2D eigenvalue weighted by Crippen LogP contribution is -2.42. The second kappa shape index (κ2) is 15.7. The highest BCUT2D eigenvalue weighted by Crippen LogP contribution is 2.17. The van der Waals surface area contributed by atoms with E-state index < -0.39 is 5.60 Å². The van der Waals surface area contributed by atoms with Crippen LogP contribution in [0, 0.1) is 5.41 Å². The first-order chi connectivity index (χ1) is 17.9. The first kappa shape index (κ1) is 32.6. The van der Waals surface area contributed by atoms with Gasteiger partial charge in [0.1, 0.15) is 5.60 Å². The minimum absolute atomic E-state index is 0.260. The molecule has 7 nitrogen and oxygen atoms in total. The van der Waals surface area contributed by atoms with Gasteiger partial charge >= 0.3 is 6.09 Å². The summed E-state index contributed by atoms with van der Waals surface area (Å²) in [5.41, 5.74) is 3.65. The van der Waals surface area contributed by atoms with E-state index in [1.165, 1.54) is 0 Å². The second-order valence-corrected chi connectivity index (χ2v) is 9.97. The van der Waals surface area contributed by atoms with Crippen LogP contribution in [0.15, 0.2) is 66.9 Å². The lowest BCUT2D eigenvalue weighted by molar-refractivity contribution is 0.0283. The Kier molecular flexibility index (Phi) is 13.5. The molecule has 0 spiro atoms. The number of likely N-dealkylation sites (N-methyl/N-ethyl adjacent to an activating group) is 2. The zero-order chi connectivity index (χ0) is 28.9. The molecule has 0 radical (unpaired) electrons. The van der Waals surface area contributed by atoms with Gasteiger partial charge in [0.25, 0.3) is 0 Å². The van der Waals surface area contributed by atoms with Crippen LogP contribution in [0.2, 0.25) is 0 Å². The van der Waals surface area contributed by atoms with Crippen LogP contribution < -0.4 is 5.32 Å². The maximum atomic E-state index is 11.7. The zero-order valence-electron chi connectivity index (χ0n) is 24.8. The molecule has 1 aromatic heterocycles. The first-order valence-corrected chi connectivity index (χ1v) is 13.4. The Morgan fingerprint density at radius 3 is 2.26 bits per heavy atom. The standard InChI is InChI=1S/C17H15N3.C12H26N2O2.C2H6/c1-12(2)17(18)13-7-9-15(10-8-13)20-11-14-5-3-4-6-16(14)19-20;1-7-8-10(13-5)9-14(6)11(15)16-12(2,3)4;1-2/h3-11,18H,1H2,2H3;10,13H,7-9H2,1-6H3;1-2H3. The number of carbonyl (C=O) groups is 1. The van der Waals surface area contributed by atoms with Gasteiger partial charge in [-0.3, -0.25) is 0 Å². The number of amides is 1. The monoisotopic (exact) mass is 521 g/mol. The van der Waals surface area contributed by atoms with Crippen LogP contribution in [-0.4, -0.2) is 58.8 Å². The fourth-order valence-electron chi connectivity index (χ4n) is 3.54. The van der Waals surface area contributed by atoms with E-state index in [1.54, 1.807) is 11.9 Å². The minimum Gasteiger partial charge on any atom is -0.444 e. The van der Waals surface area contributed by atoms with Gasteiger partial charge in [-0.05, 0) is 70.5 Å². The highest BCUT2D eigenvalue weighted by molar-refractivity contribution is 6.09. The number of benzene rings is 2. The molecule has 0 aliphatic heterocycles. The summed E-state index contributed by atoms with van der Waals surface area (Å²) in [6.07, 6.45) is 3.91. The average Bonchev–Trinajstić information content (AvgIpc) is 3.33. The van der Waals surface area contributed by atoms with Gasteiger partial charge in [-0.15, -0.1) is 0 Å². The van der Waals surface area contributed by atoms with Crippen molar-refractivity contribution >= 4 is 22.7 Å². The molecule has 0 saturated heterocycles. The van der Waals surface area contributed by atoms with Gasteiger partial charge < -0.3 is 20.4 Å². The summed E-state index contributed by atoms with van der Waals surface area (Å²) in [6, 6.07) is 16.2. The minimum atomic E-state index is -0.425. The van der Waals surface area contributed by atoms with Crippen LogP contribution in [0.1, 0.15) is 66.9 Å². The quantitative estimate of drug-likeness (QED) is 0.306. The van der Waals surface area contributed by atoms with Gasteiger partial charge in [-0.1, -0.05) is 64.1 Å². The van der Waals surface area contributed by atoms with E-state index >= 15 is 0 Å². The highest BCUT2D eigenvalue weighted by atomic mass is 16.6. The molecule has 0 aliphatic rings. The number of hydrogen-bond acceptors (Lipinski definition) is 5. The van der Waals surface area contributed by atoms with Crippen LogP contribution >= 0.6 is 0 Å². The lowest BCUT2D eigenvalue weighted by Gasteiger charge is -2.27. The summed E-state index contributed by atoms with van der Waals surface area (Å²) >= 11 is 0. The molecule has 0 fully saturated rings. The van der Waals surface area contributed by atoms with Crippen LogP contribution in [0.5, 0.6) is 0 Å². The van der Waals surface area contributed by atoms with Crippen LogP contribution in [-0.2, 0) is 4.74 Å². The number of fused-ring (bicyclic) bond motifs is 1. The van der Waals surface area contributed by atoms with E-state index in [-0.39, 0.29) is 6.09 Å². The smallest absolute Gasteiger partial charge is 0.410 e. The molecular formula is C31H47N5O2. The second-order valence-electron chi connectivity index (χ2n) is 9.97. The molecule has 1 heterocycles. The summed E-state index contributed by atoms with van der Waals surface area (Å²) in [4.78, 5) is 13.3. The Morgan fingerprint density at radius 1 is 1.16 bits per heavy atom. The summed E-state index contributed by atoms with van der Waals surface area (Å²) in [7, 11) is 3.69. The number of hydrogen-bond donors (Lipinski definition) is 2. The molecule has 7 heteroatoms. The van der Waals surface area contributed by atoms with Crippen LogP contribution in [0.3, 0.4) is 0 Å². The molecule has 38 heavy (non-hydrogen) atoms. The van der Waals surface area contributed by atoms with E-state index in [9.17, 15) is 4.79 Å². The van der Waals surface area contributed by atoms with Gasteiger partial charge in [-0.2, -0.15) is 5.10 Å². The third-order valence-corrected chi connectivity index (χ3v) is 5.51. The number of carbonyl (C=O) groups excluding carboxylic acids is 1. The van der Waals surface area contributed by atoms with Crippen molar-refractivity contribution in [2.24, 2.45) is 0 Å². The molecule has 0 aliphatic carbocycles. The molecule has 1 amide bonds.